The number of nitrogen functional groups attached to an aromatic ring is 1. The van der Waals surface area contributed by atoms with E-state index in [1.807, 2.05) is 25.1 Å². The van der Waals surface area contributed by atoms with Gasteiger partial charge in [-0.1, -0.05) is 12.1 Å². The number of halogens is 1. The summed E-state index contributed by atoms with van der Waals surface area (Å²) < 4.78 is 14.6. The standard InChI is InChI=1S/C21H23FN4/c1-13-3-2-4-18(22)21(13)15-7-16-11-25-20(24)9-17(16)19(8-15)26-6-5-14(10-23)12-26/h2-4,7-9,11,14H,5-6,10,12,23H2,1H3,(H2,24,25). The lowest BCUT2D eigenvalue weighted by Gasteiger charge is -2.22. The Kier molecular flexibility index (Phi) is 4.24. The molecule has 1 aromatic heterocycles. The summed E-state index contributed by atoms with van der Waals surface area (Å²) in [5.41, 5.74) is 15.3. The second kappa shape index (κ2) is 6.57. The van der Waals surface area contributed by atoms with Crippen molar-refractivity contribution in [1.29, 1.82) is 0 Å². The van der Waals surface area contributed by atoms with Gasteiger partial charge in [-0.2, -0.15) is 0 Å². The summed E-state index contributed by atoms with van der Waals surface area (Å²) in [7, 11) is 0. The molecule has 1 unspecified atom stereocenters. The first-order chi connectivity index (χ1) is 12.6. The Balaban J connectivity index is 1.93. The molecule has 0 amide bonds. The molecule has 1 aliphatic heterocycles. The Bertz CT molecular complexity index is 949. The lowest BCUT2D eigenvalue weighted by atomic mass is 9.96. The Morgan fingerprint density at radius 3 is 2.85 bits per heavy atom. The van der Waals surface area contributed by atoms with Crippen molar-refractivity contribution in [2.24, 2.45) is 11.7 Å². The first kappa shape index (κ1) is 16.8. The molecule has 1 fully saturated rings. The summed E-state index contributed by atoms with van der Waals surface area (Å²) in [6, 6.07) is 11.2. The predicted molar refractivity (Wildman–Crippen MR) is 106 cm³/mol. The van der Waals surface area contributed by atoms with Crippen LogP contribution in [-0.2, 0) is 0 Å². The van der Waals surface area contributed by atoms with E-state index < -0.39 is 0 Å². The Morgan fingerprint density at radius 1 is 1.27 bits per heavy atom. The number of rotatable bonds is 3. The zero-order chi connectivity index (χ0) is 18.3. The van der Waals surface area contributed by atoms with E-state index in [0.717, 1.165) is 47.1 Å². The number of nitrogens with zero attached hydrogens (tertiary/aromatic N) is 2. The molecule has 134 valence electrons. The molecule has 1 saturated heterocycles. The van der Waals surface area contributed by atoms with Crippen LogP contribution in [0.3, 0.4) is 0 Å². The van der Waals surface area contributed by atoms with E-state index in [2.05, 4.69) is 16.0 Å². The van der Waals surface area contributed by atoms with Gasteiger partial charge in [0.05, 0.1) is 0 Å². The van der Waals surface area contributed by atoms with E-state index in [1.54, 1.807) is 12.3 Å². The van der Waals surface area contributed by atoms with Gasteiger partial charge in [0, 0.05) is 41.3 Å². The summed E-state index contributed by atoms with van der Waals surface area (Å²) in [5, 5.41) is 2.01. The van der Waals surface area contributed by atoms with Crippen LogP contribution >= 0.6 is 0 Å². The maximum Gasteiger partial charge on any atom is 0.131 e. The monoisotopic (exact) mass is 350 g/mol. The highest BCUT2D eigenvalue weighted by Gasteiger charge is 2.24. The second-order valence-electron chi connectivity index (χ2n) is 7.09. The van der Waals surface area contributed by atoms with Crippen LogP contribution in [0.1, 0.15) is 12.0 Å². The zero-order valence-electron chi connectivity index (χ0n) is 14.9. The van der Waals surface area contributed by atoms with Crippen LogP contribution in [-0.4, -0.2) is 24.6 Å². The molecule has 0 spiro atoms. The normalized spacial score (nSPS) is 17.2. The maximum atomic E-state index is 14.6. The SMILES string of the molecule is Cc1cccc(F)c1-c1cc(N2CCC(CN)C2)c2cc(N)ncc2c1. The van der Waals surface area contributed by atoms with Gasteiger partial charge in [0.2, 0.25) is 0 Å². The third kappa shape index (κ3) is 2.88. The number of fused-ring (bicyclic) bond motifs is 1. The molecule has 0 saturated carbocycles. The van der Waals surface area contributed by atoms with Crippen molar-refractivity contribution in [3.8, 4) is 11.1 Å². The molecule has 1 atom stereocenters. The van der Waals surface area contributed by atoms with Crippen LogP contribution in [0.15, 0.2) is 42.6 Å². The average Bonchev–Trinajstić information content (AvgIpc) is 3.10. The first-order valence-corrected chi connectivity index (χ1v) is 8.96. The topological polar surface area (TPSA) is 68.2 Å². The van der Waals surface area contributed by atoms with E-state index in [9.17, 15) is 4.39 Å². The van der Waals surface area contributed by atoms with Crippen molar-refractivity contribution < 1.29 is 4.39 Å². The van der Waals surface area contributed by atoms with E-state index in [1.165, 1.54) is 6.07 Å². The Morgan fingerprint density at radius 2 is 2.12 bits per heavy atom. The molecule has 26 heavy (non-hydrogen) atoms. The van der Waals surface area contributed by atoms with Crippen molar-refractivity contribution in [2.45, 2.75) is 13.3 Å². The van der Waals surface area contributed by atoms with Crippen LogP contribution in [0, 0.1) is 18.7 Å². The number of pyridine rings is 1. The second-order valence-corrected chi connectivity index (χ2v) is 7.09. The van der Waals surface area contributed by atoms with Crippen molar-refractivity contribution >= 4 is 22.3 Å². The molecule has 1 aliphatic rings. The molecule has 5 heteroatoms. The fourth-order valence-electron chi connectivity index (χ4n) is 3.90. The first-order valence-electron chi connectivity index (χ1n) is 8.96. The highest BCUT2D eigenvalue weighted by molar-refractivity contribution is 5.99. The molecule has 0 radical (unpaired) electrons. The number of nitrogens with two attached hydrogens (primary N) is 2. The lowest BCUT2D eigenvalue weighted by molar-refractivity contribution is 0.603. The molecule has 4 rings (SSSR count). The van der Waals surface area contributed by atoms with Crippen LogP contribution in [0.25, 0.3) is 21.9 Å². The van der Waals surface area contributed by atoms with Gasteiger partial charge in [-0.05, 0) is 61.2 Å². The van der Waals surface area contributed by atoms with E-state index in [-0.39, 0.29) is 5.82 Å². The van der Waals surface area contributed by atoms with Crippen molar-refractivity contribution in [1.82, 2.24) is 4.98 Å². The largest absolute Gasteiger partial charge is 0.384 e. The van der Waals surface area contributed by atoms with Gasteiger partial charge in [0.15, 0.2) is 0 Å². The summed E-state index contributed by atoms with van der Waals surface area (Å²) in [5.74, 6) is 0.770. The summed E-state index contributed by atoms with van der Waals surface area (Å²) in [6.07, 6.45) is 2.84. The molecule has 4 nitrogen and oxygen atoms in total. The van der Waals surface area contributed by atoms with Crippen LogP contribution in [0.2, 0.25) is 0 Å². The van der Waals surface area contributed by atoms with Crippen molar-refractivity contribution in [2.75, 3.05) is 30.3 Å². The molecule has 0 aliphatic carbocycles. The molecule has 2 aromatic carbocycles. The quantitative estimate of drug-likeness (QED) is 0.755. The van der Waals surface area contributed by atoms with Gasteiger partial charge in [-0.25, -0.2) is 9.37 Å². The molecule has 2 heterocycles. The molecular formula is C21H23FN4. The molecular weight excluding hydrogens is 327 g/mol. The third-order valence-electron chi connectivity index (χ3n) is 5.31. The van der Waals surface area contributed by atoms with E-state index in [4.69, 9.17) is 11.5 Å². The maximum absolute atomic E-state index is 14.6. The zero-order valence-corrected chi connectivity index (χ0v) is 14.9. The minimum Gasteiger partial charge on any atom is -0.384 e. The van der Waals surface area contributed by atoms with Crippen LogP contribution < -0.4 is 16.4 Å². The predicted octanol–water partition coefficient (Wildman–Crippen LogP) is 3.72. The molecule has 0 bridgehead atoms. The minimum absolute atomic E-state index is 0.208. The van der Waals surface area contributed by atoms with Gasteiger partial charge in [-0.15, -0.1) is 0 Å². The smallest absolute Gasteiger partial charge is 0.131 e. The minimum atomic E-state index is -0.208. The summed E-state index contributed by atoms with van der Waals surface area (Å²) in [4.78, 5) is 6.56. The number of benzene rings is 2. The van der Waals surface area contributed by atoms with E-state index >= 15 is 0 Å². The third-order valence-corrected chi connectivity index (χ3v) is 5.31. The van der Waals surface area contributed by atoms with E-state index in [0.29, 0.717) is 23.8 Å². The van der Waals surface area contributed by atoms with Gasteiger partial charge in [0.1, 0.15) is 11.6 Å². The summed E-state index contributed by atoms with van der Waals surface area (Å²) >= 11 is 0. The Hall–Kier alpha value is -2.66. The van der Waals surface area contributed by atoms with Crippen molar-refractivity contribution in [3.05, 3.63) is 54.0 Å². The van der Waals surface area contributed by atoms with Crippen molar-refractivity contribution in [3.63, 3.8) is 0 Å². The number of aryl methyl sites for hydroxylation is 1. The molecule has 3 aromatic rings. The highest BCUT2D eigenvalue weighted by atomic mass is 19.1. The fourth-order valence-corrected chi connectivity index (χ4v) is 3.90. The highest BCUT2D eigenvalue weighted by Crippen LogP contribution is 2.37. The van der Waals surface area contributed by atoms with Gasteiger partial charge in [0.25, 0.3) is 0 Å². The van der Waals surface area contributed by atoms with Gasteiger partial charge >= 0.3 is 0 Å². The van der Waals surface area contributed by atoms with Gasteiger partial charge in [-0.3, -0.25) is 0 Å². The fraction of sp³-hybridized carbons (Fsp3) is 0.286. The number of hydrogen-bond donors (Lipinski definition) is 2. The number of anilines is 2. The molecule has 4 N–H and O–H groups in total. The number of hydrogen-bond acceptors (Lipinski definition) is 4. The van der Waals surface area contributed by atoms with Crippen LogP contribution in [0.4, 0.5) is 15.9 Å². The summed E-state index contributed by atoms with van der Waals surface area (Å²) in [6.45, 7) is 4.47. The Labute approximate surface area is 152 Å². The average molecular weight is 350 g/mol. The van der Waals surface area contributed by atoms with Gasteiger partial charge < -0.3 is 16.4 Å². The lowest BCUT2D eigenvalue weighted by Crippen LogP contribution is -2.23. The van der Waals surface area contributed by atoms with Crippen LogP contribution in [0.5, 0.6) is 0 Å². The number of aromatic nitrogens is 1.